The van der Waals surface area contributed by atoms with Gasteiger partial charge in [0.15, 0.2) is 5.16 Å². The lowest BCUT2D eigenvalue weighted by atomic mass is 9.75. The summed E-state index contributed by atoms with van der Waals surface area (Å²) in [6.45, 7) is 2.03. The van der Waals surface area contributed by atoms with Gasteiger partial charge < -0.3 is 5.11 Å². The summed E-state index contributed by atoms with van der Waals surface area (Å²) in [5.41, 5.74) is 1.53. The quantitative estimate of drug-likeness (QED) is 0.668. The van der Waals surface area contributed by atoms with Crippen LogP contribution in [-0.2, 0) is 5.41 Å². The lowest BCUT2D eigenvalue weighted by Crippen LogP contribution is -2.29. The predicted octanol–water partition coefficient (Wildman–Crippen LogP) is 3.54. The van der Waals surface area contributed by atoms with Crippen LogP contribution in [0.2, 0.25) is 0 Å². The van der Waals surface area contributed by atoms with Crippen molar-refractivity contribution in [1.29, 1.82) is 0 Å². The minimum absolute atomic E-state index is 0.205. The van der Waals surface area contributed by atoms with Gasteiger partial charge in [-0.3, -0.25) is 4.98 Å². The maximum absolute atomic E-state index is 11.7. The fourth-order valence-corrected chi connectivity index (χ4v) is 3.91. The van der Waals surface area contributed by atoms with Gasteiger partial charge in [0.25, 0.3) is 0 Å². The van der Waals surface area contributed by atoms with Crippen molar-refractivity contribution in [1.82, 2.24) is 15.0 Å². The number of rotatable bonds is 5. The Morgan fingerprint density at radius 3 is 2.74 bits per heavy atom. The first kappa shape index (κ1) is 15.9. The molecule has 2 aromatic heterocycles. The first-order valence-electron chi connectivity index (χ1n) is 7.81. The average Bonchev–Trinajstić information content (AvgIpc) is 3.06. The molecule has 2 aromatic rings. The highest BCUT2D eigenvalue weighted by atomic mass is 32.2. The number of aromatic nitrogens is 3. The van der Waals surface area contributed by atoms with Crippen LogP contribution in [0.15, 0.2) is 35.9 Å². The van der Waals surface area contributed by atoms with Crippen LogP contribution in [0, 0.1) is 0 Å². The molecule has 3 rings (SSSR count). The number of thioether (sulfide) groups is 1. The molecule has 6 heteroatoms. The van der Waals surface area contributed by atoms with Gasteiger partial charge >= 0.3 is 5.97 Å². The molecular formula is C17H19N3O2S. The van der Waals surface area contributed by atoms with Crippen molar-refractivity contribution in [3.05, 3.63) is 47.5 Å². The van der Waals surface area contributed by atoms with Crippen molar-refractivity contribution >= 4 is 17.7 Å². The molecule has 1 aliphatic carbocycles. The summed E-state index contributed by atoms with van der Waals surface area (Å²) in [6.07, 6.45) is 8.95. The van der Waals surface area contributed by atoms with E-state index in [2.05, 4.69) is 15.0 Å². The Hall–Kier alpha value is -1.95. The molecule has 5 nitrogen and oxygen atoms in total. The topological polar surface area (TPSA) is 76.0 Å². The van der Waals surface area contributed by atoms with E-state index < -0.39 is 5.97 Å². The lowest BCUT2D eigenvalue weighted by Gasteiger charge is -2.30. The molecule has 1 saturated carbocycles. The van der Waals surface area contributed by atoms with Gasteiger partial charge in [-0.05, 0) is 30.2 Å². The molecule has 0 spiro atoms. The van der Waals surface area contributed by atoms with Crippen molar-refractivity contribution < 1.29 is 9.90 Å². The summed E-state index contributed by atoms with van der Waals surface area (Å²) in [4.78, 5) is 24.8. The van der Waals surface area contributed by atoms with Crippen LogP contribution in [0.3, 0.4) is 0 Å². The van der Waals surface area contributed by atoms with E-state index in [4.69, 9.17) is 0 Å². The summed E-state index contributed by atoms with van der Waals surface area (Å²) in [5.74, 6) is -0.116. The van der Waals surface area contributed by atoms with E-state index in [9.17, 15) is 9.90 Å². The molecule has 0 atom stereocenters. The second-order valence-electron chi connectivity index (χ2n) is 5.68. The molecule has 0 aliphatic heterocycles. The van der Waals surface area contributed by atoms with E-state index in [1.165, 1.54) is 18.0 Å². The SMILES string of the molecule is CCSc1ncc(C(=O)O)c(C2(c3cccnc3)CCCC2)n1. The summed E-state index contributed by atoms with van der Waals surface area (Å²) < 4.78 is 0. The van der Waals surface area contributed by atoms with Gasteiger partial charge in [0.2, 0.25) is 0 Å². The zero-order valence-electron chi connectivity index (χ0n) is 13.0. The molecular weight excluding hydrogens is 310 g/mol. The molecule has 0 aromatic carbocycles. The van der Waals surface area contributed by atoms with Crippen LogP contribution < -0.4 is 0 Å². The molecule has 0 bridgehead atoms. The van der Waals surface area contributed by atoms with E-state index in [1.807, 2.05) is 25.3 Å². The van der Waals surface area contributed by atoms with Crippen LogP contribution >= 0.6 is 11.8 Å². The maximum Gasteiger partial charge on any atom is 0.339 e. The molecule has 120 valence electrons. The third-order valence-electron chi connectivity index (χ3n) is 4.40. The van der Waals surface area contributed by atoms with Crippen molar-refractivity contribution in [2.24, 2.45) is 0 Å². The van der Waals surface area contributed by atoms with E-state index >= 15 is 0 Å². The summed E-state index contributed by atoms with van der Waals surface area (Å²) >= 11 is 1.53. The first-order chi connectivity index (χ1) is 11.2. The van der Waals surface area contributed by atoms with Gasteiger partial charge in [-0.15, -0.1) is 0 Å². The van der Waals surface area contributed by atoms with E-state index in [0.29, 0.717) is 10.9 Å². The summed E-state index contributed by atoms with van der Waals surface area (Å²) in [5, 5.41) is 10.2. The van der Waals surface area contributed by atoms with Crippen LogP contribution in [0.4, 0.5) is 0 Å². The first-order valence-corrected chi connectivity index (χ1v) is 8.80. The monoisotopic (exact) mass is 329 g/mol. The maximum atomic E-state index is 11.7. The number of aromatic carboxylic acids is 1. The smallest absolute Gasteiger partial charge is 0.339 e. The normalized spacial score (nSPS) is 16.4. The summed E-state index contributed by atoms with van der Waals surface area (Å²) in [7, 11) is 0. The van der Waals surface area contributed by atoms with Gasteiger partial charge in [0.05, 0.1) is 5.69 Å². The Bertz CT molecular complexity index is 700. The third kappa shape index (κ3) is 2.95. The van der Waals surface area contributed by atoms with Gasteiger partial charge in [-0.1, -0.05) is 37.6 Å². The molecule has 0 unspecified atom stereocenters. The molecule has 1 N–H and O–H groups in total. The average molecular weight is 329 g/mol. The van der Waals surface area contributed by atoms with E-state index in [0.717, 1.165) is 37.0 Å². The Kier molecular flexibility index (Phi) is 4.61. The number of carbonyl (C=O) groups is 1. The van der Waals surface area contributed by atoms with Crippen molar-refractivity contribution in [2.45, 2.75) is 43.2 Å². The van der Waals surface area contributed by atoms with Crippen molar-refractivity contribution in [2.75, 3.05) is 5.75 Å². The number of pyridine rings is 1. The third-order valence-corrected chi connectivity index (χ3v) is 5.14. The number of hydrogen-bond donors (Lipinski definition) is 1. The molecule has 2 heterocycles. The number of nitrogens with zero attached hydrogens (tertiary/aromatic N) is 3. The Labute approximate surface area is 139 Å². The lowest BCUT2D eigenvalue weighted by molar-refractivity contribution is 0.0692. The fraction of sp³-hybridized carbons (Fsp3) is 0.412. The number of carboxylic acids is 1. The Balaban J connectivity index is 2.19. The largest absolute Gasteiger partial charge is 0.478 e. The molecule has 0 saturated heterocycles. The van der Waals surface area contributed by atoms with Crippen LogP contribution in [-0.4, -0.2) is 31.8 Å². The second kappa shape index (κ2) is 6.66. The highest BCUT2D eigenvalue weighted by Gasteiger charge is 2.42. The van der Waals surface area contributed by atoms with E-state index in [1.54, 1.807) is 6.20 Å². The Morgan fingerprint density at radius 2 is 2.13 bits per heavy atom. The zero-order chi connectivity index (χ0) is 16.3. The van der Waals surface area contributed by atoms with Gasteiger partial charge in [0, 0.05) is 24.0 Å². The number of carboxylic acid groups (broad SMARTS) is 1. The van der Waals surface area contributed by atoms with Crippen LogP contribution in [0.25, 0.3) is 0 Å². The number of hydrogen-bond acceptors (Lipinski definition) is 5. The fourth-order valence-electron chi connectivity index (χ4n) is 3.37. The molecule has 1 fully saturated rings. The standard InChI is InChI=1S/C17H19N3O2S/c1-2-23-16-19-11-13(15(21)22)14(20-16)17(7-3-4-8-17)12-6-5-9-18-10-12/h5-6,9-11H,2-4,7-8H2,1H3,(H,21,22). The predicted molar refractivity (Wildman–Crippen MR) is 88.9 cm³/mol. The molecule has 0 radical (unpaired) electrons. The molecule has 1 aliphatic rings. The van der Waals surface area contributed by atoms with Gasteiger partial charge in [-0.25, -0.2) is 14.8 Å². The zero-order valence-corrected chi connectivity index (χ0v) is 13.8. The van der Waals surface area contributed by atoms with Crippen LogP contribution in [0.1, 0.15) is 54.2 Å². The second-order valence-corrected chi connectivity index (χ2v) is 6.92. The molecule has 23 heavy (non-hydrogen) atoms. The minimum atomic E-state index is -0.969. The van der Waals surface area contributed by atoms with Crippen LogP contribution in [0.5, 0.6) is 0 Å². The van der Waals surface area contributed by atoms with Crippen molar-refractivity contribution in [3.8, 4) is 0 Å². The minimum Gasteiger partial charge on any atom is -0.478 e. The summed E-state index contributed by atoms with van der Waals surface area (Å²) in [6, 6.07) is 3.93. The Morgan fingerprint density at radius 1 is 1.35 bits per heavy atom. The van der Waals surface area contributed by atoms with E-state index in [-0.39, 0.29) is 11.0 Å². The van der Waals surface area contributed by atoms with Crippen molar-refractivity contribution in [3.63, 3.8) is 0 Å². The highest BCUT2D eigenvalue weighted by Crippen LogP contribution is 2.46. The van der Waals surface area contributed by atoms with Gasteiger partial charge in [-0.2, -0.15) is 0 Å². The molecule has 0 amide bonds. The highest BCUT2D eigenvalue weighted by molar-refractivity contribution is 7.99. The van der Waals surface area contributed by atoms with Gasteiger partial charge in [0.1, 0.15) is 5.56 Å².